The highest BCUT2D eigenvalue weighted by atomic mass is 32.1. The molecule has 0 spiro atoms. The van der Waals surface area contributed by atoms with Crippen LogP contribution in [0.5, 0.6) is 0 Å². The van der Waals surface area contributed by atoms with E-state index < -0.39 is 17.8 Å². The molecule has 21 heavy (non-hydrogen) atoms. The highest BCUT2D eigenvalue weighted by Crippen LogP contribution is 2.23. The molecule has 1 aliphatic heterocycles. The number of aromatic nitrogens is 2. The van der Waals surface area contributed by atoms with Crippen molar-refractivity contribution in [3.05, 3.63) is 45.4 Å². The van der Waals surface area contributed by atoms with Gasteiger partial charge in [-0.2, -0.15) is 0 Å². The Bertz CT molecular complexity index is 720. The van der Waals surface area contributed by atoms with Crippen LogP contribution in [-0.4, -0.2) is 33.0 Å². The van der Waals surface area contributed by atoms with Crippen molar-refractivity contribution in [3.8, 4) is 0 Å². The molecule has 0 atom stereocenters. The second-order valence-corrected chi connectivity index (χ2v) is 5.57. The van der Waals surface area contributed by atoms with Crippen LogP contribution < -0.4 is 0 Å². The van der Waals surface area contributed by atoms with Crippen LogP contribution >= 0.6 is 11.3 Å². The van der Waals surface area contributed by atoms with Crippen LogP contribution in [0.3, 0.4) is 0 Å². The number of amides is 2. The summed E-state index contributed by atoms with van der Waals surface area (Å²) in [5.41, 5.74) is 0.448. The Morgan fingerprint density at radius 3 is 2.33 bits per heavy atom. The number of rotatable bonds is 3. The summed E-state index contributed by atoms with van der Waals surface area (Å²) in [6.07, 6.45) is -0.140. The van der Waals surface area contributed by atoms with Gasteiger partial charge in [0.15, 0.2) is 0 Å². The fraction of sp³-hybridized carbons (Fsp3) is 0.154. The van der Waals surface area contributed by atoms with Gasteiger partial charge in [0.05, 0.1) is 11.1 Å². The Balaban J connectivity index is 1.73. The molecule has 0 unspecified atom stereocenters. The smallest absolute Gasteiger partial charge is 0.329 e. The fourth-order valence-corrected chi connectivity index (χ4v) is 2.61. The topological polar surface area (TPSA) is 89.5 Å². The van der Waals surface area contributed by atoms with Crippen molar-refractivity contribution < 1.29 is 19.2 Å². The molecular formula is C13H9N3O4S. The minimum Gasteiger partial charge on any atom is -0.329 e. The van der Waals surface area contributed by atoms with Gasteiger partial charge in [-0.3, -0.25) is 9.59 Å². The van der Waals surface area contributed by atoms with E-state index in [0.29, 0.717) is 10.1 Å². The van der Waals surface area contributed by atoms with E-state index in [2.05, 4.69) is 10.2 Å². The standard InChI is InChI=1S/C13H9N3O4S/c1-7-14-15-10(21-7)6-11(17)20-16-12(18)8-4-2-3-5-9(8)13(16)19/h2-5H,6H2,1H3. The number of carbonyl (C=O) groups is 3. The van der Waals surface area contributed by atoms with Gasteiger partial charge in [-0.05, 0) is 19.1 Å². The first kappa shape index (κ1) is 13.4. The van der Waals surface area contributed by atoms with Gasteiger partial charge >= 0.3 is 5.97 Å². The highest BCUT2D eigenvalue weighted by Gasteiger charge is 2.38. The number of imide groups is 1. The number of benzene rings is 1. The molecule has 0 aliphatic carbocycles. The predicted octanol–water partition coefficient (Wildman–Crippen LogP) is 1.14. The fourth-order valence-electron chi connectivity index (χ4n) is 1.92. The molecule has 0 saturated carbocycles. The van der Waals surface area contributed by atoms with Crippen molar-refractivity contribution in [2.75, 3.05) is 0 Å². The molecule has 2 aromatic rings. The van der Waals surface area contributed by atoms with Gasteiger partial charge in [0.25, 0.3) is 11.8 Å². The van der Waals surface area contributed by atoms with E-state index in [9.17, 15) is 14.4 Å². The third-order valence-electron chi connectivity index (χ3n) is 2.81. The van der Waals surface area contributed by atoms with Crippen LogP contribution in [0, 0.1) is 6.92 Å². The van der Waals surface area contributed by atoms with Crippen molar-refractivity contribution in [2.24, 2.45) is 0 Å². The van der Waals surface area contributed by atoms with E-state index in [-0.39, 0.29) is 17.5 Å². The van der Waals surface area contributed by atoms with Gasteiger partial charge in [-0.1, -0.05) is 17.2 Å². The normalized spacial score (nSPS) is 13.5. The van der Waals surface area contributed by atoms with E-state index in [1.54, 1.807) is 19.1 Å². The number of hydrogen-bond acceptors (Lipinski definition) is 7. The molecule has 106 valence electrons. The molecule has 0 bridgehead atoms. The van der Waals surface area contributed by atoms with E-state index in [0.717, 1.165) is 5.01 Å². The number of hydroxylamine groups is 2. The summed E-state index contributed by atoms with van der Waals surface area (Å²) < 4.78 is 0. The van der Waals surface area contributed by atoms with Crippen LogP contribution in [0.2, 0.25) is 0 Å². The Kier molecular flexibility index (Phi) is 3.22. The number of carbonyl (C=O) groups excluding carboxylic acids is 3. The van der Waals surface area contributed by atoms with E-state index in [4.69, 9.17) is 4.84 Å². The maximum Gasteiger partial charge on any atom is 0.340 e. The zero-order chi connectivity index (χ0) is 15.0. The molecule has 0 fully saturated rings. The number of hydrogen-bond donors (Lipinski definition) is 0. The Morgan fingerprint density at radius 2 is 1.81 bits per heavy atom. The first-order chi connectivity index (χ1) is 10.1. The minimum atomic E-state index is -0.736. The third kappa shape index (κ3) is 2.40. The minimum absolute atomic E-state index is 0.140. The molecule has 8 heteroatoms. The molecule has 2 amide bonds. The summed E-state index contributed by atoms with van der Waals surface area (Å²) in [6, 6.07) is 6.30. The Morgan fingerprint density at radius 1 is 1.19 bits per heavy atom. The molecule has 7 nitrogen and oxygen atoms in total. The van der Waals surface area contributed by atoms with Crippen molar-refractivity contribution >= 4 is 29.1 Å². The van der Waals surface area contributed by atoms with E-state index in [1.807, 2.05) is 0 Å². The van der Waals surface area contributed by atoms with Crippen molar-refractivity contribution in [2.45, 2.75) is 13.3 Å². The molecule has 1 aliphatic rings. The molecule has 3 rings (SSSR count). The van der Waals surface area contributed by atoms with E-state index in [1.165, 1.54) is 23.5 Å². The van der Waals surface area contributed by atoms with E-state index >= 15 is 0 Å². The lowest BCUT2D eigenvalue weighted by Crippen LogP contribution is -2.33. The molecule has 2 heterocycles. The van der Waals surface area contributed by atoms with Crippen LogP contribution in [0.25, 0.3) is 0 Å². The van der Waals surface area contributed by atoms with Crippen molar-refractivity contribution in [1.29, 1.82) is 0 Å². The van der Waals surface area contributed by atoms with Gasteiger partial charge in [0.1, 0.15) is 16.4 Å². The maximum atomic E-state index is 12.0. The number of fused-ring (bicyclic) bond motifs is 1. The monoisotopic (exact) mass is 303 g/mol. The van der Waals surface area contributed by atoms with Crippen molar-refractivity contribution in [3.63, 3.8) is 0 Å². The van der Waals surface area contributed by atoms with Gasteiger partial charge in [0, 0.05) is 0 Å². The van der Waals surface area contributed by atoms with Crippen LogP contribution in [0.15, 0.2) is 24.3 Å². The Hall–Kier alpha value is -2.61. The van der Waals surface area contributed by atoms with Crippen LogP contribution in [0.4, 0.5) is 0 Å². The summed E-state index contributed by atoms with van der Waals surface area (Å²) in [5.74, 6) is -2.02. The van der Waals surface area contributed by atoms with Crippen LogP contribution in [-0.2, 0) is 16.1 Å². The lowest BCUT2D eigenvalue weighted by molar-refractivity contribution is -0.167. The molecule has 0 radical (unpaired) electrons. The Labute approximate surface area is 123 Å². The molecule has 1 aromatic heterocycles. The molecule has 1 aromatic carbocycles. The number of nitrogens with zero attached hydrogens (tertiary/aromatic N) is 3. The van der Waals surface area contributed by atoms with Gasteiger partial charge in [-0.15, -0.1) is 21.5 Å². The van der Waals surface area contributed by atoms with Gasteiger partial charge in [-0.25, -0.2) is 4.79 Å². The zero-order valence-corrected chi connectivity index (χ0v) is 11.7. The molecule has 0 saturated heterocycles. The first-order valence-corrected chi connectivity index (χ1v) is 6.85. The van der Waals surface area contributed by atoms with Crippen molar-refractivity contribution in [1.82, 2.24) is 15.3 Å². The lowest BCUT2D eigenvalue weighted by atomic mass is 10.1. The third-order valence-corrected chi connectivity index (χ3v) is 3.65. The maximum absolute atomic E-state index is 12.0. The lowest BCUT2D eigenvalue weighted by Gasteiger charge is -2.11. The van der Waals surface area contributed by atoms with Gasteiger partial charge in [0.2, 0.25) is 0 Å². The summed E-state index contributed by atoms with van der Waals surface area (Å²) in [4.78, 5) is 40.7. The average Bonchev–Trinajstić information content (AvgIpc) is 2.97. The number of aryl methyl sites for hydroxylation is 1. The molecular weight excluding hydrogens is 294 g/mol. The summed E-state index contributed by atoms with van der Waals surface area (Å²) in [6.45, 7) is 1.76. The summed E-state index contributed by atoms with van der Waals surface area (Å²) in [5, 5.41) is 9.24. The summed E-state index contributed by atoms with van der Waals surface area (Å²) in [7, 11) is 0. The predicted molar refractivity (Wildman–Crippen MR) is 71.4 cm³/mol. The zero-order valence-electron chi connectivity index (χ0n) is 10.9. The quantitative estimate of drug-likeness (QED) is 0.790. The SMILES string of the molecule is Cc1nnc(CC(=O)ON2C(=O)c3ccccc3C2=O)s1. The average molecular weight is 303 g/mol. The largest absolute Gasteiger partial charge is 0.340 e. The summed E-state index contributed by atoms with van der Waals surface area (Å²) >= 11 is 1.25. The second kappa shape index (κ2) is 5.06. The first-order valence-electron chi connectivity index (χ1n) is 6.04. The second-order valence-electron chi connectivity index (χ2n) is 4.31. The highest BCUT2D eigenvalue weighted by molar-refractivity contribution is 7.11. The van der Waals surface area contributed by atoms with Crippen LogP contribution in [0.1, 0.15) is 30.7 Å². The van der Waals surface area contributed by atoms with Gasteiger partial charge < -0.3 is 4.84 Å². The molecule has 0 N–H and O–H groups in total.